The fourth-order valence-electron chi connectivity index (χ4n) is 5.56. The molecule has 4 rings (SSSR count). The Morgan fingerprint density at radius 1 is 1.09 bits per heavy atom. The van der Waals surface area contributed by atoms with Gasteiger partial charge in [-0.3, -0.25) is 4.79 Å². The Bertz CT molecular complexity index is 733. The van der Waals surface area contributed by atoms with Crippen molar-refractivity contribution in [3.8, 4) is 0 Å². The second-order valence-electron chi connectivity index (χ2n) is 8.34. The van der Waals surface area contributed by atoms with Crippen molar-refractivity contribution >= 4 is 29.0 Å². The summed E-state index contributed by atoms with van der Waals surface area (Å²) in [5.74, 6) is 0.823. The van der Waals surface area contributed by atoms with E-state index < -0.39 is 0 Å². The quantitative estimate of drug-likeness (QED) is 0.564. The van der Waals surface area contributed by atoms with Crippen LogP contribution in [0.5, 0.6) is 0 Å². The van der Waals surface area contributed by atoms with Crippen LogP contribution >= 0.6 is 23.2 Å². The molecule has 0 heterocycles. The maximum atomic E-state index is 12.8. The Labute approximate surface area is 148 Å². The van der Waals surface area contributed by atoms with Gasteiger partial charge in [0.25, 0.3) is 0 Å². The first-order chi connectivity index (χ1) is 10.8. The van der Waals surface area contributed by atoms with Gasteiger partial charge >= 0.3 is 0 Å². The van der Waals surface area contributed by atoms with E-state index in [2.05, 4.69) is 26.8 Å². The lowest BCUT2D eigenvalue weighted by molar-refractivity contribution is -0.138. The highest BCUT2D eigenvalue weighted by Gasteiger charge is 2.64. The van der Waals surface area contributed by atoms with Crippen molar-refractivity contribution in [1.82, 2.24) is 0 Å². The van der Waals surface area contributed by atoms with E-state index in [4.69, 9.17) is 23.2 Å². The van der Waals surface area contributed by atoms with Crippen LogP contribution in [0, 0.1) is 22.7 Å². The molecule has 2 saturated carbocycles. The Morgan fingerprint density at radius 3 is 2.52 bits per heavy atom. The van der Waals surface area contributed by atoms with Crippen LogP contribution in [0.4, 0.5) is 0 Å². The zero-order valence-corrected chi connectivity index (χ0v) is 15.3. The van der Waals surface area contributed by atoms with Gasteiger partial charge in [-0.25, -0.2) is 0 Å². The summed E-state index contributed by atoms with van der Waals surface area (Å²) in [6, 6.07) is 5.68. The average Bonchev–Trinajstić information content (AvgIpc) is 2.74. The van der Waals surface area contributed by atoms with Gasteiger partial charge in [-0.15, -0.1) is 0 Å². The lowest BCUT2D eigenvalue weighted by atomic mass is 9.50. The number of rotatable bonds is 1. The molecule has 0 amide bonds. The number of fused-ring (bicyclic) bond motifs is 3. The molecule has 0 aromatic heterocycles. The molecule has 0 saturated heterocycles. The molecule has 3 aliphatic carbocycles. The zero-order chi connectivity index (χ0) is 16.6. The molecular formula is C20H22Cl2O. The molecule has 122 valence electrons. The van der Waals surface area contributed by atoms with Gasteiger partial charge in [0.05, 0.1) is 10.0 Å². The minimum absolute atomic E-state index is 0.0255. The Hall–Kier alpha value is -0.790. The SMILES string of the molecule is CC1(C)CCC[C@@]2(C)C1=C[C@H]1C(=O)[C@H](c3ccc(Cl)c(Cl)c3)[C@H]12. The van der Waals surface area contributed by atoms with Gasteiger partial charge in [-0.05, 0) is 47.3 Å². The molecule has 1 aromatic rings. The van der Waals surface area contributed by atoms with Crippen LogP contribution in [0.25, 0.3) is 0 Å². The van der Waals surface area contributed by atoms with Crippen LogP contribution in [0.15, 0.2) is 29.8 Å². The number of ketones is 1. The highest BCUT2D eigenvalue weighted by Crippen LogP contribution is 2.68. The molecule has 0 N–H and O–H groups in total. The minimum atomic E-state index is -0.0255. The second kappa shape index (κ2) is 4.86. The fraction of sp³-hybridized carbons (Fsp3) is 0.550. The molecule has 0 unspecified atom stereocenters. The Kier molecular flexibility index (Phi) is 3.32. The van der Waals surface area contributed by atoms with E-state index in [9.17, 15) is 4.79 Å². The number of halogens is 2. The summed E-state index contributed by atoms with van der Waals surface area (Å²) in [7, 11) is 0. The Balaban J connectivity index is 1.75. The summed E-state index contributed by atoms with van der Waals surface area (Å²) in [5, 5.41) is 1.09. The smallest absolute Gasteiger partial charge is 0.147 e. The predicted molar refractivity (Wildman–Crippen MR) is 95.0 cm³/mol. The third kappa shape index (κ3) is 2.02. The molecule has 23 heavy (non-hydrogen) atoms. The normalized spacial score (nSPS) is 37.7. The summed E-state index contributed by atoms with van der Waals surface area (Å²) in [4.78, 5) is 12.8. The van der Waals surface area contributed by atoms with Crippen LogP contribution in [-0.4, -0.2) is 5.78 Å². The summed E-state index contributed by atoms with van der Waals surface area (Å²) < 4.78 is 0. The number of Topliss-reactive ketones (excluding diaryl/α,β-unsaturated/α-hetero) is 1. The highest BCUT2D eigenvalue weighted by molar-refractivity contribution is 6.42. The average molecular weight is 349 g/mol. The third-order valence-corrected chi connectivity index (χ3v) is 7.35. The van der Waals surface area contributed by atoms with Gasteiger partial charge in [0.1, 0.15) is 5.78 Å². The predicted octanol–water partition coefficient (Wildman–Crippen LogP) is 6.05. The van der Waals surface area contributed by atoms with E-state index in [1.165, 1.54) is 24.8 Å². The standard InChI is InChI=1S/C20H22Cl2O/c1-19(2)7-4-8-20(3)15(19)10-12-17(20)16(18(12)23)11-5-6-13(21)14(22)9-11/h5-6,9-10,12,16-17H,4,7-8H2,1-3H3/t12-,16-,17+,20+/m1/s1. The van der Waals surface area contributed by atoms with Crippen molar-refractivity contribution in [2.45, 2.75) is 46.0 Å². The Morgan fingerprint density at radius 2 is 1.83 bits per heavy atom. The number of carbonyl (C=O) groups is 1. The molecule has 3 aliphatic rings. The molecule has 0 radical (unpaired) electrons. The number of benzene rings is 1. The highest BCUT2D eigenvalue weighted by atomic mass is 35.5. The topological polar surface area (TPSA) is 17.1 Å². The van der Waals surface area contributed by atoms with Crippen LogP contribution < -0.4 is 0 Å². The maximum absolute atomic E-state index is 12.8. The van der Waals surface area contributed by atoms with Crippen molar-refractivity contribution in [2.75, 3.05) is 0 Å². The lowest BCUT2D eigenvalue weighted by Crippen LogP contribution is -2.50. The van der Waals surface area contributed by atoms with Crippen LogP contribution in [0.2, 0.25) is 10.0 Å². The maximum Gasteiger partial charge on any atom is 0.147 e. The minimum Gasteiger partial charge on any atom is -0.298 e. The molecule has 0 bridgehead atoms. The van der Waals surface area contributed by atoms with E-state index in [-0.39, 0.29) is 22.7 Å². The largest absolute Gasteiger partial charge is 0.298 e. The van der Waals surface area contributed by atoms with Crippen molar-refractivity contribution in [2.24, 2.45) is 22.7 Å². The van der Waals surface area contributed by atoms with Crippen LogP contribution in [0.3, 0.4) is 0 Å². The lowest BCUT2D eigenvalue weighted by Gasteiger charge is -2.52. The van der Waals surface area contributed by atoms with Crippen molar-refractivity contribution in [3.05, 3.63) is 45.5 Å². The number of allylic oxidation sites excluding steroid dienone is 2. The van der Waals surface area contributed by atoms with Gasteiger partial charge in [0, 0.05) is 11.8 Å². The summed E-state index contributed by atoms with van der Waals surface area (Å²) >= 11 is 12.2. The molecule has 3 heteroatoms. The molecule has 1 aromatic carbocycles. The number of carbonyl (C=O) groups excluding carboxylic acids is 1. The summed E-state index contributed by atoms with van der Waals surface area (Å²) in [6.45, 7) is 7.04. The van der Waals surface area contributed by atoms with Crippen molar-refractivity contribution in [3.63, 3.8) is 0 Å². The van der Waals surface area contributed by atoms with Gasteiger partial charge in [-0.2, -0.15) is 0 Å². The first kappa shape index (κ1) is 15.7. The molecule has 0 aliphatic heterocycles. The van der Waals surface area contributed by atoms with Crippen molar-refractivity contribution < 1.29 is 4.79 Å². The van der Waals surface area contributed by atoms with Crippen molar-refractivity contribution in [1.29, 1.82) is 0 Å². The van der Waals surface area contributed by atoms with Gasteiger partial charge in [0.15, 0.2) is 0 Å². The summed E-state index contributed by atoms with van der Waals surface area (Å²) in [5.41, 5.74) is 2.91. The van der Waals surface area contributed by atoms with E-state index in [0.717, 1.165) is 5.56 Å². The van der Waals surface area contributed by atoms with E-state index in [0.29, 0.717) is 21.7 Å². The van der Waals surface area contributed by atoms with E-state index in [1.54, 1.807) is 0 Å². The van der Waals surface area contributed by atoms with Gasteiger partial charge in [0.2, 0.25) is 0 Å². The second-order valence-corrected chi connectivity index (χ2v) is 9.15. The van der Waals surface area contributed by atoms with Gasteiger partial charge < -0.3 is 0 Å². The monoisotopic (exact) mass is 348 g/mol. The molecular weight excluding hydrogens is 327 g/mol. The van der Waals surface area contributed by atoms with E-state index >= 15 is 0 Å². The van der Waals surface area contributed by atoms with Crippen LogP contribution in [-0.2, 0) is 4.79 Å². The third-order valence-electron chi connectivity index (χ3n) is 6.61. The molecule has 0 spiro atoms. The molecule has 1 nitrogen and oxygen atoms in total. The molecule has 2 fully saturated rings. The zero-order valence-electron chi connectivity index (χ0n) is 13.8. The number of hydrogen-bond acceptors (Lipinski definition) is 1. The fourth-order valence-corrected chi connectivity index (χ4v) is 5.87. The van der Waals surface area contributed by atoms with Crippen LogP contribution in [0.1, 0.15) is 51.5 Å². The van der Waals surface area contributed by atoms with Gasteiger partial charge in [-0.1, -0.05) is 68.1 Å². The molecule has 4 atom stereocenters. The van der Waals surface area contributed by atoms with E-state index in [1.807, 2.05) is 18.2 Å². The first-order valence-corrected chi connectivity index (χ1v) is 9.23. The number of hydrogen-bond donors (Lipinski definition) is 0. The summed E-state index contributed by atoms with van der Waals surface area (Å²) in [6.07, 6.45) is 5.96. The first-order valence-electron chi connectivity index (χ1n) is 8.47.